The first kappa shape index (κ1) is 13.0. The van der Waals surface area contributed by atoms with Crippen molar-refractivity contribution in [1.82, 2.24) is 4.90 Å². The SMILES string of the molecule is Nc1cccc(Cl)c1NCC(=O)N1CCCCC1. The number of hydrogen-bond donors (Lipinski definition) is 2. The third-order valence-electron chi connectivity index (χ3n) is 3.17. The van der Waals surface area contributed by atoms with E-state index in [1.165, 1.54) is 6.42 Å². The summed E-state index contributed by atoms with van der Waals surface area (Å²) in [4.78, 5) is 13.9. The third-order valence-corrected chi connectivity index (χ3v) is 3.49. The Morgan fingerprint density at radius 2 is 2.06 bits per heavy atom. The minimum absolute atomic E-state index is 0.106. The second-order valence-electron chi connectivity index (χ2n) is 4.50. The van der Waals surface area contributed by atoms with Gasteiger partial charge in [-0.15, -0.1) is 0 Å². The molecular formula is C13H18ClN3O. The Labute approximate surface area is 112 Å². The van der Waals surface area contributed by atoms with E-state index in [0.717, 1.165) is 25.9 Å². The van der Waals surface area contributed by atoms with Crippen LogP contribution in [-0.4, -0.2) is 30.4 Å². The maximum absolute atomic E-state index is 12.0. The molecular weight excluding hydrogens is 250 g/mol. The molecule has 0 saturated carbocycles. The fourth-order valence-corrected chi connectivity index (χ4v) is 2.40. The van der Waals surface area contributed by atoms with Crippen molar-refractivity contribution in [2.24, 2.45) is 0 Å². The Balaban J connectivity index is 1.92. The van der Waals surface area contributed by atoms with Crippen molar-refractivity contribution in [1.29, 1.82) is 0 Å². The minimum atomic E-state index is 0.106. The lowest BCUT2D eigenvalue weighted by atomic mass is 10.1. The lowest BCUT2D eigenvalue weighted by molar-refractivity contribution is -0.130. The monoisotopic (exact) mass is 267 g/mol. The normalized spacial score (nSPS) is 15.5. The maximum atomic E-state index is 12.0. The Morgan fingerprint density at radius 1 is 1.33 bits per heavy atom. The first-order valence-electron chi connectivity index (χ1n) is 6.24. The van der Waals surface area contributed by atoms with Crippen LogP contribution in [0, 0.1) is 0 Å². The Bertz CT molecular complexity index is 410. The smallest absolute Gasteiger partial charge is 0.241 e. The molecule has 0 atom stereocenters. The van der Waals surface area contributed by atoms with Gasteiger partial charge >= 0.3 is 0 Å². The van der Waals surface area contributed by atoms with Crippen molar-refractivity contribution in [3.8, 4) is 0 Å². The van der Waals surface area contributed by atoms with Crippen LogP contribution in [0.4, 0.5) is 11.4 Å². The van der Waals surface area contributed by atoms with E-state index in [1.807, 2.05) is 4.90 Å². The van der Waals surface area contributed by atoms with Crippen LogP contribution >= 0.6 is 11.6 Å². The molecule has 3 N–H and O–H groups in total. The van der Waals surface area contributed by atoms with Gasteiger partial charge in [0.1, 0.15) is 0 Å². The van der Waals surface area contributed by atoms with E-state index in [4.69, 9.17) is 17.3 Å². The second-order valence-corrected chi connectivity index (χ2v) is 4.91. The van der Waals surface area contributed by atoms with Gasteiger partial charge < -0.3 is 16.0 Å². The summed E-state index contributed by atoms with van der Waals surface area (Å²) in [6.45, 7) is 1.96. The van der Waals surface area contributed by atoms with Crippen molar-refractivity contribution in [3.63, 3.8) is 0 Å². The van der Waals surface area contributed by atoms with Crippen molar-refractivity contribution in [2.75, 3.05) is 30.7 Å². The number of likely N-dealkylation sites (tertiary alicyclic amines) is 1. The summed E-state index contributed by atoms with van der Waals surface area (Å²) in [6, 6.07) is 5.31. The quantitative estimate of drug-likeness (QED) is 0.827. The predicted octanol–water partition coefficient (Wildman–Crippen LogP) is 2.35. The Kier molecular flexibility index (Phi) is 4.31. The molecule has 1 aliphatic rings. The average molecular weight is 268 g/mol. The molecule has 1 fully saturated rings. The second kappa shape index (κ2) is 5.96. The van der Waals surface area contributed by atoms with Crippen LogP contribution in [0.1, 0.15) is 19.3 Å². The number of nitrogens with one attached hydrogen (secondary N) is 1. The van der Waals surface area contributed by atoms with E-state index >= 15 is 0 Å². The molecule has 5 heteroatoms. The molecule has 1 aromatic carbocycles. The predicted molar refractivity (Wildman–Crippen MR) is 74.8 cm³/mol. The molecule has 0 bridgehead atoms. The lowest BCUT2D eigenvalue weighted by Crippen LogP contribution is -2.39. The Morgan fingerprint density at radius 3 is 2.72 bits per heavy atom. The number of amides is 1. The summed E-state index contributed by atoms with van der Waals surface area (Å²) in [6.07, 6.45) is 3.41. The van der Waals surface area contributed by atoms with Crippen molar-refractivity contribution in [2.45, 2.75) is 19.3 Å². The van der Waals surface area contributed by atoms with Crippen LogP contribution in [0.5, 0.6) is 0 Å². The highest BCUT2D eigenvalue weighted by molar-refractivity contribution is 6.33. The third kappa shape index (κ3) is 3.07. The first-order valence-corrected chi connectivity index (χ1v) is 6.62. The van der Waals surface area contributed by atoms with Gasteiger partial charge in [0, 0.05) is 13.1 Å². The van der Waals surface area contributed by atoms with Crippen molar-refractivity contribution >= 4 is 28.9 Å². The molecule has 1 aromatic rings. The number of rotatable bonds is 3. The first-order chi connectivity index (χ1) is 8.68. The number of nitrogen functional groups attached to an aromatic ring is 1. The van der Waals surface area contributed by atoms with E-state index in [-0.39, 0.29) is 12.5 Å². The molecule has 0 unspecified atom stereocenters. The van der Waals surface area contributed by atoms with Crippen LogP contribution in [0.25, 0.3) is 0 Å². The molecule has 18 heavy (non-hydrogen) atoms. The fraction of sp³-hybridized carbons (Fsp3) is 0.462. The number of anilines is 2. The topological polar surface area (TPSA) is 58.4 Å². The molecule has 0 spiro atoms. The van der Waals surface area contributed by atoms with Gasteiger partial charge in [-0.25, -0.2) is 0 Å². The van der Waals surface area contributed by atoms with Crippen LogP contribution in [0.3, 0.4) is 0 Å². The highest BCUT2D eigenvalue weighted by atomic mass is 35.5. The van der Waals surface area contributed by atoms with Crippen LogP contribution in [-0.2, 0) is 4.79 Å². The van der Waals surface area contributed by atoms with Crippen LogP contribution in [0.2, 0.25) is 5.02 Å². The zero-order valence-corrected chi connectivity index (χ0v) is 11.0. The van der Waals surface area contributed by atoms with Gasteiger partial charge in [0.25, 0.3) is 0 Å². The summed E-state index contributed by atoms with van der Waals surface area (Å²) < 4.78 is 0. The van der Waals surface area contributed by atoms with Crippen molar-refractivity contribution < 1.29 is 4.79 Å². The molecule has 1 saturated heterocycles. The van der Waals surface area contributed by atoms with E-state index in [2.05, 4.69) is 5.32 Å². The minimum Gasteiger partial charge on any atom is -0.397 e. The van der Waals surface area contributed by atoms with E-state index in [1.54, 1.807) is 18.2 Å². The average Bonchev–Trinajstić information content (AvgIpc) is 2.39. The number of carbonyl (C=O) groups is 1. The standard InChI is InChI=1S/C13H18ClN3O/c14-10-5-4-6-11(15)13(10)16-9-12(18)17-7-2-1-3-8-17/h4-6,16H,1-3,7-9,15H2. The highest BCUT2D eigenvalue weighted by Gasteiger charge is 2.16. The lowest BCUT2D eigenvalue weighted by Gasteiger charge is -2.27. The molecule has 2 rings (SSSR count). The summed E-state index contributed by atoms with van der Waals surface area (Å²) in [7, 11) is 0. The molecule has 1 amide bonds. The van der Waals surface area contributed by atoms with Crippen molar-refractivity contribution in [3.05, 3.63) is 23.2 Å². The summed E-state index contributed by atoms with van der Waals surface area (Å²) >= 11 is 6.03. The van der Waals surface area contributed by atoms with Gasteiger partial charge in [0.2, 0.25) is 5.91 Å². The fourth-order valence-electron chi connectivity index (χ4n) is 2.15. The van der Waals surface area contributed by atoms with E-state index in [0.29, 0.717) is 16.4 Å². The number of nitrogens with two attached hydrogens (primary N) is 1. The molecule has 0 aromatic heterocycles. The molecule has 0 aliphatic carbocycles. The van der Waals surface area contributed by atoms with Gasteiger partial charge in [-0.2, -0.15) is 0 Å². The molecule has 4 nitrogen and oxygen atoms in total. The number of hydrogen-bond acceptors (Lipinski definition) is 3. The largest absolute Gasteiger partial charge is 0.397 e. The zero-order valence-electron chi connectivity index (χ0n) is 10.3. The summed E-state index contributed by atoms with van der Waals surface area (Å²) in [5, 5.41) is 3.57. The molecule has 0 radical (unpaired) electrons. The summed E-state index contributed by atoms with van der Waals surface area (Å²) in [5.41, 5.74) is 7.02. The van der Waals surface area contributed by atoms with Gasteiger partial charge in [-0.3, -0.25) is 4.79 Å². The van der Waals surface area contributed by atoms with Gasteiger partial charge in [-0.05, 0) is 31.4 Å². The van der Waals surface area contributed by atoms with E-state index in [9.17, 15) is 4.79 Å². The summed E-state index contributed by atoms with van der Waals surface area (Å²) in [5.74, 6) is 0.106. The number of nitrogens with zero attached hydrogens (tertiary/aromatic N) is 1. The van der Waals surface area contributed by atoms with Gasteiger partial charge in [0.15, 0.2) is 0 Å². The Hall–Kier alpha value is -1.42. The number of para-hydroxylation sites is 1. The molecule has 1 aliphatic heterocycles. The number of halogens is 1. The van der Waals surface area contributed by atoms with Crippen LogP contribution in [0.15, 0.2) is 18.2 Å². The molecule has 1 heterocycles. The zero-order chi connectivity index (χ0) is 13.0. The number of benzene rings is 1. The van der Waals surface area contributed by atoms with Crippen LogP contribution < -0.4 is 11.1 Å². The van der Waals surface area contributed by atoms with Gasteiger partial charge in [-0.1, -0.05) is 17.7 Å². The number of carbonyl (C=O) groups excluding carboxylic acids is 1. The highest BCUT2D eigenvalue weighted by Crippen LogP contribution is 2.27. The maximum Gasteiger partial charge on any atom is 0.241 e. The van der Waals surface area contributed by atoms with Gasteiger partial charge in [0.05, 0.1) is 22.9 Å². The number of piperidine rings is 1. The van der Waals surface area contributed by atoms with E-state index < -0.39 is 0 Å². The molecule has 98 valence electrons.